The van der Waals surface area contributed by atoms with Crippen LogP contribution in [0.25, 0.3) is 0 Å². The molecule has 1 N–H and O–H groups in total. The van der Waals surface area contributed by atoms with E-state index in [9.17, 15) is 0 Å². The predicted molar refractivity (Wildman–Crippen MR) is 52.9 cm³/mol. The lowest BCUT2D eigenvalue weighted by Crippen LogP contribution is -2.45. The van der Waals surface area contributed by atoms with E-state index in [0.29, 0.717) is 13.2 Å². The van der Waals surface area contributed by atoms with Gasteiger partial charge in [0.05, 0.1) is 12.7 Å². The number of methoxy groups -OCH3 is 1. The molecule has 0 spiro atoms. The SMILES string of the molecule is COCCNC1(C#N)CCCOCC1. The molecule has 1 aliphatic rings. The molecule has 4 nitrogen and oxygen atoms in total. The molecule has 14 heavy (non-hydrogen) atoms. The van der Waals surface area contributed by atoms with Gasteiger partial charge in [0, 0.05) is 33.3 Å². The van der Waals surface area contributed by atoms with Crippen LogP contribution in [-0.2, 0) is 9.47 Å². The first-order valence-electron chi connectivity index (χ1n) is 5.06. The summed E-state index contributed by atoms with van der Waals surface area (Å²) in [5.41, 5.74) is -0.394. The molecule has 4 heteroatoms. The molecular weight excluding hydrogens is 180 g/mol. The molecule has 0 aromatic rings. The summed E-state index contributed by atoms with van der Waals surface area (Å²) in [7, 11) is 1.66. The van der Waals surface area contributed by atoms with Gasteiger partial charge in [-0.25, -0.2) is 0 Å². The molecule has 0 aliphatic carbocycles. The van der Waals surface area contributed by atoms with Crippen molar-refractivity contribution >= 4 is 0 Å². The van der Waals surface area contributed by atoms with Crippen molar-refractivity contribution in [2.45, 2.75) is 24.8 Å². The van der Waals surface area contributed by atoms with E-state index in [1.807, 2.05) is 0 Å². The van der Waals surface area contributed by atoms with Crippen LogP contribution >= 0.6 is 0 Å². The normalized spacial score (nSPS) is 28.0. The Balaban J connectivity index is 2.42. The summed E-state index contributed by atoms with van der Waals surface area (Å²) in [6, 6.07) is 2.37. The molecule has 1 fully saturated rings. The molecule has 1 heterocycles. The van der Waals surface area contributed by atoms with E-state index in [-0.39, 0.29) is 0 Å². The quantitative estimate of drug-likeness (QED) is 0.675. The van der Waals surface area contributed by atoms with Gasteiger partial charge in [-0.05, 0) is 12.8 Å². The molecular formula is C10H18N2O2. The maximum Gasteiger partial charge on any atom is 0.109 e. The fraction of sp³-hybridized carbons (Fsp3) is 0.900. The number of hydrogen-bond acceptors (Lipinski definition) is 4. The van der Waals surface area contributed by atoms with Gasteiger partial charge in [0.1, 0.15) is 5.54 Å². The molecule has 1 unspecified atom stereocenters. The van der Waals surface area contributed by atoms with Crippen LogP contribution in [0.15, 0.2) is 0 Å². The van der Waals surface area contributed by atoms with E-state index in [4.69, 9.17) is 14.7 Å². The summed E-state index contributed by atoms with van der Waals surface area (Å²) in [6.45, 7) is 2.82. The van der Waals surface area contributed by atoms with Crippen molar-refractivity contribution in [3.05, 3.63) is 0 Å². The van der Waals surface area contributed by atoms with E-state index < -0.39 is 5.54 Å². The minimum absolute atomic E-state index is 0.394. The van der Waals surface area contributed by atoms with Crippen molar-refractivity contribution in [1.29, 1.82) is 5.26 Å². The molecule has 1 aliphatic heterocycles. The van der Waals surface area contributed by atoms with Crippen LogP contribution in [0.4, 0.5) is 0 Å². The number of rotatable bonds is 4. The van der Waals surface area contributed by atoms with E-state index in [0.717, 1.165) is 32.4 Å². The first kappa shape index (κ1) is 11.4. The monoisotopic (exact) mass is 198 g/mol. The molecule has 0 amide bonds. The Morgan fingerprint density at radius 1 is 1.50 bits per heavy atom. The summed E-state index contributed by atoms with van der Waals surface area (Å²) in [6.07, 6.45) is 2.59. The first-order chi connectivity index (χ1) is 6.83. The Morgan fingerprint density at radius 2 is 2.36 bits per heavy atom. The maximum atomic E-state index is 9.16. The van der Waals surface area contributed by atoms with Crippen LogP contribution in [0.2, 0.25) is 0 Å². The lowest BCUT2D eigenvalue weighted by atomic mass is 9.92. The van der Waals surface area contributed by atoms with Crippen LogP contribution in [0, 0.1) is 11.3 Å². The highest BCUT2D eigenvalue weighted by Gasteiger charge is 2.30. The third-order valence-corrected chi connectivity index (χ3v) is 2.55. The summed E-state index contributed by atoms with van der Waals surface area (Å²) in [5.74, 6) is 0. The zero-order valence-corrected chi connectivity index (χ0v) is 8.71. The van der Waals surface area contributed by atoms with Gasteiger partial charge in [0.2, 0.25) is 0 Å². The van der Waals surface area contributed by atoms with Crippen LogP contribution in [0.3, 0.4) is 0 Å². The number of nitrogens with one attached hydrogen (secondary N) is 1. The third kappa shape index (κ3) is 3.26. The molecule has 80 valence electrons. The number of nitrogens with zero attached hydrogens (tertiary/aromatic N) is 1. The van der Waals surface area contributed by atoms with Crippen molar-refractivity contribution < 1.29 is 9.47 Å². The van der Waals surface area contributed by atoms with Crippen molar-refractivity contribution in [2.24, 2.45) is 0 Å². The van der Waals surface area contributed by atoms with Gasteiger partial charge < -0.3 is 9.47 Å². The largest absolute Gasteiger partial charge is 0.383 e. The summed E-state index contributed by atoms with van der Waals surface area (Å²) in [4.78, 5) is 0. The van der Waals surface area contributed by atoms with Crippen LogP contribution in [0.1, 0.15) is 19.3 Å². The molecule has 0 aromatic heterocycles. The Labute approximate surface area is 85.2 Å². The highest BCUT2D eigenvalue weighted by atomic mass is 16.5. The number of hydrogen-bond donors (Lipinski definition) is 1. The topological polar surface area (TPSA) is 54.3 Å². The van der Waals surface area contributed by atoms with E-state index in [1.165, 1.54) is 0 Å². The summed E-state index contributed by atoms with van der Waals surface area (Å²) >= 11 is 0. The molecule has 0 aromatic carbocycles. The van der Waals surface area contributed by atoms with Crippen molar-refractivity contribution in [3.63, 3.8) is 0 Å². The van der Waals surface area contributed by atoms with E-state index in [2.05, 4.69) is 11.4 Å². The number of ether oxygens (including phenoxy) is 2. The number of nitriles is 1. The standard InChI is InChI=1S/C10H18N2O2/c1-13-8-5-12-10(9-11)3-2-6-14-7-4-10/h12H,2-8H2,1H3. The zero-order valence-electron chi connectivity index (χ0n) is 8.71. The second-order valence-corrected chi connectivity index (χ2v) is 3.58. The van der Waals surface area contributed by atoms with Crippen LogP contribution < -0.4 is 5.32 Å². The lowest BCUT2D eigenvalue weighted by Gasteiger charge is -2.25. The molecule has 1 saturated heterocycles. The lowest BCUT2D eigenvalue weighted by molar-refractivity contribution is 0.138. The second kappa shape index (κ2) is 5.97. The maximum absolute atomic E-state index is 9.16. The van der Waals surface area contributed by atoms with Crippen molar-refractivity contribution in [1.82, 2.24) is 5.32 Å². The average Bonchev–Trinajstić information content (AvgIpc) is 2.45. The molecule has 0 saturated carbocycles. The average molecular weight is 198 g/mol. The third-order valence-electron chi connectivity index (χ3n) is 2.55. The van der Waals surface area contributed by atoms with Gasteiger partial charge in [0.25, 0.3) is 0 Å². The van der Waals surface area contributed by atoms with Gasteiger partial charge in [-0.2, -0.15) is 5.26 Å². The minimum atomic E-state index is -0.394. The summed E-state index contributed by atoms with van der Waals surface area (Å²) in [5, 5.41) is 12.4. The smallest absolute Gasteiger partial charge is 0.109 e. The minimum Gasteiger partial charge on any atom is -0.383 e. The fourth-order valence-corrected chi connectivity index (χ4v) is 1.67. The van der Waals surface area contributed by atoms with Crippen LogP contribution in [0.5, 0.6) is 0 Å². The first-order valence-corrected chi connectivity index (χ1v) is 5.06. The van der Waals surface area contributed by atoms with E-state index >= 15 is 0 Å². The molecule has 1 atom stereocenters. The van der Waals surface area contributed by atoms with E-state index in [1.54, 1.807) is 7.11 Å². The Bertz CT molecular complexity index is 193. The Kier molecular flexibility index (Phi) is 4.88. The molecule has 0 bridgehead atoms. The van der Waals surface area contributed by atoms with Gasteiger partial charge in [-0.15, -0.1) is 0 Å². The highest BCUT2D eigenvalue weighted by molar-refractivity contribution is 5.07. The molecule has 0 radical (unpaired) electrons. The van der Waals surface area contributed by atoms with Crippen molar-refractivity contribution in [3.8, 4) is 6.07 Å². The summed E-state index contributed by atoms with van der Waals surface area (Å²) < 4.78 is 10.3. The zero-order chi connectivity index (χ0) is 10.3. The fourth-order valence-electron chi connectivity index (χ4n) is 1.67. The van der Waals surface area contributed by atoms with Gasteiger partial charge in [-0.1, -0.05) is 0 Å². The van der Waals surface area contributed by atoms with Gasteiger partial charge >= 0.3 is 0 Å². The molecule has 1 rings (SSSR count). The van der Waals surface area contributed by atoms with Gasteiger partial charge in [0.15, 0.2) is 0 Å². The highest BCUT2D eigenvalue weighted by Crippen LogP contribution is 2.20. The Morgan fingerprint density at radius 3 is 3.07 bits per heavy atom. The van der Waals surface area contributed by atoms with Crippen LogP contribution in [-0.4, -0.2) is 39.0 Å². The second-order valence-electron chi connectivity index (χ2n) is 3.58. The Hall–Kier alpha value is -0.630. The van der Waals surface area contributed by atoms with Crippen molar-refractivity contribution in [2.75, 3.05) is 33.5 Å². The van der Waals surface area contributed by atoms with Gasteiger partial charge in [-0.3, -0.25) is 5.32 Å². The predicted octanol–water partition coefficient (Wildman–Crippen LogP) is 0.685.